The lowest BCUT2D eigenvalue weighted by Crippen LogP contribution is -2.44. The van der Waals surface area contributed by atoms with E-state index in [9.17, 15) is 4.79 Å². The molecule has 3 heteroatoms. The molecule has 1 aromatic carbocycles. The van der Waals surface area contributed by atoms with Crippen LogP contribution in [0.15, 0.2) is 30.3 Å². The maximum atomic E-state index is 12.7. The van der Waals surface area contributed by atoms with E-state index in [1.165, 1.54) is 37.7 Å². The van der Waals surface area contributed by atoms with Crippen LogP contribution in [0.2, 0.25) is 0 Å². The van der Waals surface area contributed by atoms with Gasteiger partial charge in [0, 0.05) is 11.9 Å². The number of amides is 1. The predicted octanol–water partition coefficient (Wildman–Crippen LogP) is 4.18. The number of benzene rings is 1. The zero-order chi connectivity index (χ0) is 14.8. The van der Waals surface area contributed by atoms with Crippen molar-refractivity contribution in [1.29, 1.82) is 0 Å². The Labute approximate surface area is 135 Å². The van der Waals surface area contributed by atoms with E-state index >= 15 is 0 Å². The van der Waals surface area contributed by atoms with E-state index in [0.29, 0.717) is 0 Å². The number of carbonyl (C=O) groups excluding carboxylic acids is 1. The molecule has 0 unspecified atom stereocenters. The fourth-order valence-electron chi connectivity index (χ4n) is 3.63. The molecule has 3 rings (SSSR count). The van der Waals surface area contributed by atoms with Gasteiger partial charge in [-0.25, -0.2) is 0 Å². The average Bonchev–Trinajstić information content (AvgIpc) is 3.36. The van der Waals surface area contributed by atoms with Gasteiger partial charge in [-0.05, 0) is 36.7 Å². The molecule has 114 valence electrons. The van der Waals surface area contributed by atoms with Gasteiger partial charge >= 0.3 is 0 Å². The highest BCUT2D eigenvalue weighted by molar-refractivity contribution is 9.09. The summed E-state index contributed by atoms with van der Waals surface area (Å²) in [7, 11) is 0. The van der Waals surface area contributed by atoms with Crippen molar-refractivity contribution in [2.24, 2.45) is 5.41 Å². The van der Waals surface area contributed by atoms with Gasteiger partial charge in [0.15, 0.2) is 0 Å². The van der Waals surface area contributed by atoms with Gasteiger partial charge in [0.05, 0.1) is 5.41 Å². The quantitative estimate of drug-likeness (QED) is 0.793. The average molecular weight is 350 g/mol. The van der Waals surface area contributed by atoms with Gasteiger partial charge in [0.1, 0.15) is 0 Å². The van der Waals surface area contributed by atoms with Crippen molar-refractivity contribution < 1.29 is 4.79 Å². The van der Waals surface area contributed by atoms with Crippen LogP contribution in [0.5, 0.6) is 0 Å². The van der Waals surface area contributed by atoms with Gasteiger partial charge in [0.25, 0.3) is 0 Å². The van der Waals surface area contributed by atoms with E-state index in [4.69, 9.17) is 0 Å². The van der Waals surface area contributed by atoms with E-state index in [0.717, 1.165) is 24.7 Å². The number of rotatable bonds is 5. The highest BCUT2D eigenvalue weighted by Gasteiger charge is 2.51. The highest BCUT2D eigenvalue weighted by Crippen LogP contribution is 2.48. The summed E-state index contributed by atoms with van der Waals surface area (Å²) in [6.45, 7) is 0.825. The molecular weight excluding hydrogens is 326 g/mol. The maximum absolute atomic E-state index is 12.7. The third-order valence-corrected chi connectivity index (χ3v) is 6.52. The molecule has 0 radical (unpaired) electrons. The SMILES string of the molecule is O=C(NCC1(CBr)CCCCC1)C1(c2ccccc2)CC1. The zero-order valence-electron chi connectivity index (χ0n) is 12.5. The first-order valence-electron chi connectivity index (χ1n) is 8.11. The summed E-state index contributed by atoms with van der Waals surface area (Å²) >= 11 is 3.68. The summed E-state index contributed by atoms with van der Waals surface area (Å²) in [5.74, 6) is 0.236. The third kappa shape index (κ3) is 3.03. The second-order valence-corrected chi connectivity index (χ2v) is 7.39. The minimum absolute atomic E-state index is 0.233. The van der Waals surface area contributed by atoms with Crippen LogP contribution in [0.3, 0.4) is 0 Å². The predicted molar refractivity (Wildman–Crippen MR) is 89.7 cm³/mol. The fraction of sp³-hybridized carbons (Fsp3) is 0.611. The lowest BCUT2D eigenvalue weighted by Gasteiger charge is -2.36. The van der Waals surface area contributed by atoms with Crippen LogP contribution >= 0.6 is 15.9 Å². The molecule has 2 fully saturated rings. The van der Waals surface area contributed by atoms with E-state index in [2.05, 4.69) is 33.4 Å². The molecule has 1 aromatic rings. The van der Waals surface area contributed by atoms with Crippen LogP contribution in [0.1, 0.15) is 50.5 Å². The van der Waals surface area contributed by atoms with E-state index < -0.39 is 0 Å². The smallest absolute Gasteiger partial charge is 0.230 e. The van der Waals surface area contributed by atoms with Gasteiger partial charge in [-0.1, -0.05) is 65.5 Å². The lowest BCUT2D eigenvalue weighted by molar-refractivity contribution is -0.124. The highest BCUT2D eigenvalue weighted by atomic mass is 79.9. The first kappa shape index (κ1) is 15.1. The van der Waals surface area contributed by atoms with Gasteiger partial charge in [-0.2, -0.15) is 0 Å². The summed E-state index contributed by atoms with van der Waals surface area (Å²) in [5, 5.41) is 4.28. The van der Waals surface area contributed by atoms with Gasteiger partial charge in [-0.15, -0.1) is 0 Å². The molecular formula is C18H24BrNO. The number of nitrogens with one attached hydrogen (secondary N) is 1. The standard InChI is InChI=1S/C18H24BrNO/c19-13-17(9-5-2-6-10-17)14-20-16(21)18(11-12-18)15-7-3-1-4-8-15/h1,3-4,7-8H,2,5-6,9-14H2,(H,20,21). The van der Waals surface area contributed by atoms with Crippen molar-refractivity contribution in [3.8, 4) is 0 Å². The van der Waals surface area contributed by atoms with Crippen LogP contribution < -0.4 is 5.32 Å². The molecule has 0 saturated heterocycles. The fourth-order valence-corrected chi connectivity index (χ4v) is 4.38. The molecule has 2 saturated carbocycles. The second kappa shape index (κ2) is 6.12. The Bertz CT molecular complexity index is 489. The Morgan fingerprint density at radius 1 is 1.05 bits per heavy atom. The van der Waals surface area contributed by atoms with Crippen molar-refractivity contribution in [3.05, 3.63) is 35.9 Å². The van der Waals surface area contributed by atoms with Crippen molar-refractivity contribution >= 4 is 21.8 Å². The van der Waals surface area contributed by atoms with Crippen LogP contribution in [-0.2, 0) is 10.2 Å². The molecule has 2 nitrogen and oxygen atoms in total. The number of alkyl halides is 1. The van der Waals surface area contributed by atoms with E-state index in [1.54, 1.807) is 0 Å². The molecule has 0 aliphatic heterocycles. The zero-order valence-corrected chi connectivity index (χ0v) is 14.1. The van der Waals surface area contributed by atoms with Crippen LogP contribution in [0.4, 0.5) is 0 Å². The van der Waals surface area contributed by atoms with Gasteiger partial charge < -0.3 is 5.32 Å². The summed E-state index contributed by atoms with van der Waals surface area (Å²) in [6.07, 6.45) is 8.38. The summed E-state index contributed by atoms with van der Waals surface area (Å²) in [6, 6.07) is 10.3. The Balaban J connectivity index is 1.64. The van der Waals surface area contributed by atoms with Crippen molar-refractivity contribution in [2.75, 3.05) is 11.9 Å². The Hall–Kier alpha value is -0.830. The minimum Gasteiger partial charge on any atom is -0.355 e. The molecule has 2 aliphatic carbocycles. The van der Waals surface area contributed by atoms with Crippen molar-refractivity contribution in [2.45, 2.75) is 50.4 Å². The topological polar surface area (TPSA) is 29.1 Å². The molecule has 1 N–H and O–H groups in total. The normalized spacial score (nSPS) is 22.5. The molecule has 0 heterocycles. The second-order valence-electron chi connectivity index (χ2n) is 6.83. The van der Waals surface area contributed by atoms with Crippen molar-refractivity contribution in [3.63, 3.8) is 0 Å². The third-order valence-electron chi connectivity index (χ3n) is 5.33. The van der Waals surface area contributed by atoms with Gasteiger partial charge in [-0.3, -0.25) is 4.79 Å². The Morgan fingerprint density at radius 3 is 2.29 bits per heavy atom. The first-order valence-corrected chi connectivity index (χ1v) is 9.23. The van der Waals surface area contributed by atoms with Crippen LogP contribution in [0.25, 0.3) is 0 Å². The number of halogens is 1. The largest absolute Gasteiger partial charge is 0.355 e. The Kier molecular flexibility index (Phi) is 4.39. The number of hydrogen-bond donors (Lipinski definition) is 1. The van der Waals surface area contributed by atoms with E-state index in [-0.39, 0.29) is 16.7 Å². The first-order chi connectivity index (χ1) is 10.2. The maximum Gasteiger partial charge on any atom is 0.230 e. The molecule has 0 bridgehead atoms. The minimum atomic E-state index is -0.233. The number of carbonyl (C=O) groups is 1. The molecule has 0 atom stereocenters. The molecule has 0 aromatic heterocycles. The summed E-state index contributed by atoms with van der Waals surface area (Å²) in [4.78, 5) is 12.7. The van der Waals surface area contributed by atoms with E-state index in [1.807, 2.05) is 18.2 Å². The summed E-state index contributed by atoms with van der Waals surface area (Å²) < 4.78 is 0. The van der Waals surface area contributed by atoms with Gasteiger partial charge in [0.2, 0.25) is 5.91 Å². The lowest BCUT2D eigenvalue weighted by atomic mass is 9.75. The van der Waals surface area contributed by atoms with Crippen LogP contribution in [-0.4, -0.2) is 17.8 Å². The molecule has 0 spiro atoms. The summed E-state index contributed by atoms with van der Waals surface area (Å²) in [5.41, 5.74) is 1.23. The molecule has 21 heavy (non-hydrogen) atoms. The Morgan fingerprint density at radius 2 is 1.71 bits per heavy atom. The molecule has 1 amide bonds. The van der Waals surface area contributed by atoms with Crippen LogP contribution in [0, 0.1) is 5.41 Å². The van der Waals surface area contributed by atoms with Crippen molar-refractivity contribution in [1.82, 2.24) is 5.32 Å². The monoisotopic (exact) mass is 349 g/mol. The molecule has 2 aliphatic rings. The number of hydrogen-bond acceptors (Lipinski definition) is 1.